The zero-order valence-electron chi connectivity index (χ0n) is 19.4. The van der Waals surface area contributed by atoms with Gasteiger partial charge in [0.15, 0.2) is 5.76 Å². The van der Waals surface area contributed by atoms with Crippen LogP contribution in [0, 0.1) is 5.92 Å². The smallest absolute Gasteiger partial charge is 0.344 e. The molecule has 3 heterocycles. The summed E-state index contributed by atoms with van der Waals surface area (Å²) in [5, 5.41) is 4.91. The van der Waals surface area contributed by atoms with E-state index in [1.165, 1.54) is 0 Å². The lowest BCUT2D eigenvalue weighted by Crippen LogP contribution is -2.49. The summed E-state index contributed by atoms with van der Waals surface area (Å²) in [5.74, 6) is 0.778. The molecule has 2 aromatic rings. The number of aliphatic imine (C=N–C) groups is 2. The first-order chi connectivity index (χ1) is 15.5. The molecule has 1 aromatic heterocycles. The molecule has 2 atom stereocenters. The number of nitrogens with one attached hydrogen (secondary N) is 1. The minimum absolute atomic E-state index is 0.294. The van der Waals surface area contributed by atoms with Crippen molar-refractivity contribution in [1.29, 1.82) is 0 Å². The Balaban J connectivity index is 1.68. The molecular weight excluding hydrogens is 400 g/mol. The predicted molar refractivity (Wildman–Crippen MR) is 134 cm³/mol. The Kier molecular flexibility index (Phi) is 6.70. The molecule has 32 heavy (non-hydrogen) atoms. The molecule has 0 aliphatic carbocycles. The monoisotopic (exact) mass is 432 g/mol. The van der Waals surface area contributed by atoms with Crippen LogP contribution in [0.2, 0.25) is 0 Å². The summed E-state index contributed by atoms with van der Waals surface area (Å²) in [6.45, 7) is 11.0. The van der Waals surface area contributed by atoms with Crippen molar-refractivity contribution in [3.8, 4) is 0 Å². The lowest BCUT2D eigenvalue weighted by Gasteiger charge is -2.33. The maximum atomic E-state index is 12.9. The SMILES string of the molecule is C/C=C(\N=C1\C=NC(C)=CCC1CC)c1cc2ccc(N3CCN[C@@H](C)C3)cc2c(=O)o1. The molecule has 0 spiro atoms. The van der Waals surface area contributed by atoms with Crippen LogP contribution < -0.4 is 15.8 Å². The summed E-state index contributed by atoms with van der Waals surface area (Å²) in [4.78, 5) is 24.6. The van der Waals surface area contributed by atoms with Gasteiger partial charge in [-0.05, 0) is 57.2 Å². The van der Waals surface area contributed by atoms with Crippen LogP contribution in [-0.2, 0) is 0 Å². The molecule has 1 unspecified atom stereocenters. The summed E-state index contributed by atoms with van der Waals surface area (Å²) < 4.78 is 5.75. The summed E-state index contributed by atoms with van der Waals surface area (Å²) in [7, 11) is 0. The molecule has 4 rings (SSSR count). The molecule has 1 aromatic carbocycles. The van der Waals surface area contributed by atoms with Crippen molar-refractivity contribution < 1.29 is 4.42 Å². The van der Waals surface area contributed by atoms with Crippen molar-refractivity contribution in [1.82, 2.24) is 5.32 Å². The Morgan fingerprint density at radius 2 is 2.22 bits per heavy atom. The largest absolute Gasteiger partial charge is 0.421 e. The van der Waals surface area contributed by atoms with Crippen LogP contribution >= 0.6 is 0 Å². The molecule has 6 heteroatoms. The number of benzene rings is 1. The van der Waals surface area contributed by atoms with Crippen LogP contribution in [0.25, 0.3) is 16.5 Å². The zero-order chi connectivity index (χ0) is 22.7. The minimum Gasteiger partial charge on any atom is -0.421 e. The van der Waals surface area contributed by atoms with E-state index in [1.54, 1.807) is 0 Å². The van der Waals surface area contributed by atoms with Gasteiger partial charge >= 0.3 is 5.63 Å². The van der Waals surface area contributed by atoms with Gasteiger partial charge in [-0.3, -0.25) is 4.99 Å². The van der Waals surface area contributed by atoms with Gasteiger partial charge in [0.2, 0.25) is 0 Å². The van der Waals surface area contributed by atoms with Crippen LogP contribution in [0.5, 0.6) is 0 Å². The van der Waals surface area contributed by atoms with Gasteiger partial charge < -0.3 is 14.6 Å². The van der Waals surface area contributed by atoms with Crippen molar-refractivity contribution in [3.63, 3.8) is 0 Å². The molecule has 0 amide bonds. The first-order valence-electron chi connectivity index (χ1n) is 11.5. The molecule has 0 bridgehead atoms. The van der Waals surface area contributed by atoms with E-state index in [1.807, 2.05) is 44.3 Å². The van der Waals surface area contributed by atoms with Crippen molar-refractivity contribution >= 4 is 34.1 Å². The van der Waals surface area contributed by atoms with Gasteiger partial charge in [-0.1, -0.05) is 25.1 Å². The molecule has 0 saturated carbocycles. The number of hydrogen-bond acceptors (Lipinski definition) is 6. The molecule has 1 N–H and O–H groups in total. The van der Waals surface area contributed by atoms with Gasteiger partial charge in [-0.15, -0.1) is 0 Å². The average Bonchev–Trinajstić information content (AvgIpc) is 2.98. The molecule has 1 saturated heterocycles. The van der Waals surface area contributed by atoms with E-state index >= 15 is 0 Å². The fraction of sp³-hybridized carbons (Fsp3) is 0.423. The van der Waals surface area contributed by atoms with Crippen LogP contribution in [0.15, 0.2) is 61.3 Å². The van der Waals surface area contributed by atoms with Gasteiger partial charge in [0, 0.05) is 49.2 Å². The fourth-order valence-corrected chi connectivity index (χ4v) is 4.32. The Morgan fingerprint density at radius 1 is 1.38 bits per heavy atom. The number of nitrogens with zero attached hydrogens (tertiary/aromatic N) is 3. The van der Waals surface area contributed by atoms with E-state index in [2.05, 4.69) is 41.2 Å². The second-order valence-electron chi connectivity index (χ2n) is 8.63. The highest BCUT2D eigenvalue weighted by Gasteiger charge is 2.18. The fourth-order valence-electron chi connectivity index (χ4n) is 4.32. The van der Waals surface area contributed by atoms with Crippen molar-refractivity contribution in [2.24, 2.45) is 15.9 Å². The van der Waals surface area contributed by atoms with Gasteiger partial charge in [0.25, 0.3) is 0 Å². The Hall–Kier alpha value is -2.99. The van der Waals surface area contributed by atoms with E-state index in [0.29, 0.717) is 28.8 Å². The highest BCUT2D eigenvalue weighted by molar-refractivity contribution is 6.33. The van der Waals surface area contributed by atoms with E-state index in [9.17, 15) is 4.79 Å². The zero-order valence-corrected chi connectivity index (χ0v) is 19.4. The lowest BCUT2D eigenvalue weighted by atomic mass is 9.97. The number of hydrogen-bond donors (Lipinski definition) is 1. The maximum Gasteiger partial charge on any atom is 0.344 e. The highest BCUT2D eigenvalue weighted by Crippen LogP contribution is 2.26. The van der Waals surface area contributed by atoms with Gasteiger partial charge in [0.1, 0.15) is 5.70 Å². The summed E-state index contributed by atoms with van der Waals surface area (Å²) in [5.41, 5.74) is 3.30. The second kappa shape index (κ2) is 9.65. The number of rotatable bonds is 4. The van der Waals surface area contributed by atoms with Gasteiger partial charge in [0.05, 0.1) is 11.1 Å². The van der Waals surface area contributed by atoms with E-state index < -0.39 is 0 Å². The summed E-state index contributed by atoms with van der Waals surface area (Å²) in [6.07, 6.45) is 7.76. The van der Waals surface area contributed by atoms with E-state index in [4.69, 9.17) is 9.41 Å². The summed E-state index contributed by atoms with van der Waals surface area (Å²) >= 11 is 0. The number of piperazine rings is 1. The Labute approximate surface area is 189 Å². The third-order valence-corrected chi connectivity index (χ3v) is 6.26. The molecule has 0 radical (unpaired) electrons. The third kappa shape index (κ3) is 4.75. The summed E-state index contributed by atoms with van der Waals surface area (Å²) in [6, 6.07) is 8.38. The predicted octanol–water partition coefficient (Wildman–Crippen LogP) is 4.80. The first kappa shape index (κ1) is 22.2. The number of anilines is 1. The Bertz CT molecular complexity index is 1170. The second-order valence-corrected chi connectivity index (χ2v) is 8.63. The molecule has 1 fully saturated rings. The van der Waals surface area contributed by atoms with Gasteiger partial charge in [-0.2, -0.15) is 0 Å². The highest BCUT2D eigenvalue weighted by atomic mass is 16.4. The molecule has 168 valence electrons. The van der Waals surface area contributed by atoms with Crippen molar-refractivity contribution in [2.75, 3.05) is 24.5 Å². The average molecular weight is 433 g/mol. The van der Waals surface area contributed by atoms with Crippen molar-refractivity contribution in [2.45, 2.75) is 46.6 Å². The maximum absolute atomic E-state index is 12.9. The number of fused-ring (bicyclic) bond motifs is 1. The quantitative estimate of drug-likeness (QED) is 0.754. The van der Waals surface area contributed by atoms with Gasteiger partial charge in [-0.25, -0.2) is 9.79 Å². The van der Waals surface area contributed by atoms with Crippen LogP contribution in [-0.4, -0.2) is 37.6 Å². The topological polar surface area (TPSA) is 70.2 Å². The molecular formula is C26H32N4O2. The number of allylic oxidation sites excluding steroid dienone is 3. The standard InChI is InChI=1S/C26H32N4O2/c1-5-19-8-7-17(3)28-15-24(19)29-23(6-2)25-13-20-9-10-21(14-22(20)26(31)32-25)30-12-11-27-18(4)16-30/h6-7,9-10,13-15,18-19,27H,5,8,11-12,16H2,1-4H3/b23-6-,29-24-/t18-,19?/m0/s1. The van der Waals surface area contributed by atoms with Crippen molar-refractivity contribution in [3.05, 3.63) is 58.3 Å². The third-order valence-electron chi connectivity index (χ3n) is 6.26. The van der Waals surface area contributed by atoms with E-state index in [0.717, 1.165) is 55.0 Å². The lowest BCUT2D eigenvalue weighted by molar-refractivity contribution is 0.485. The molecule has 2 aliphatic rings. The molecule has 6 nitrogen and oxygen atoms in total. The first-order valence-corrected chi connectivity index (χ1v) is 11.5. The van der Waals surface area contributed by atoms with Crippen LogP contribution in [0.1, 0.15) is 46.3 Å². The van der Waals surface area contributed by atoms with Crippen LogP contribution in [0.3, 0.4) is 0 Å². The van der Waals surface area contributed by atoms with E-state index in [-0.39, 0.29) is 5.63 Å². The normalized spacial score (nSPS) is 23.5. The van der Waals surface area contributed by atoms with Crippen LogP contribution in [0.4, 0.5) is 5.69 Å². The Morgan fingerprint density at radius 3 is 2.97 bits per heavy atom. The molecule has 2 aliphatic heterocycles. The minimum atomic E-state index is -0.332.